The number of carbonyl (C=O) groups excluding carboxylic acids is 3. The summed E-state index contributed by atoms with van der Waals surface area (Å²) in [5.41, 5.74) is 0.412. The summed E-state index contributed by atoms with van der Waals surface area (Å²) in [6.07, 6.45) is 1.57. The number of para-hydroxylation sites is 2. The predicted octanol–water partition coefficient (Wildman–Crippen LogP) is 1.61. The van der Waals surface area contributed by atoms with Gasteiger partial charge in [0, 0.05) is 12.3 Å². The van der Waals surface area contributed by atoms with Gasteiger partial charge in [0.2, 0.25) is 5.91 Å². The van der Waals surface area contributed by atoms with Crippen molar-refractivity contribution >= 4 is 40.5 Å². The number of nitrogens with one attached hydrogen (secondary N) is 2. The molecule has 1 aromatic rings. The standard InChI is InChI=1S/C16H16N2O4S/c1-9(19)11(7-10-8-14(20)18-16(10)23)15(21)17-12-5-3-4-6-13(12)22-2/h3-7,10H,8H2,1-2H3,(H,17,21)(H,18,20,23)/b11-7-/t10-/m1/s1. The Morgan fingerprint density at radius 2 is 2.09 bits per heavy atom. The number of ether oxygens (including phenoxy) is 1. The van der Waals surface area contributed by atoms with Gasteiger partial charge >= 0.3 is 0 Å². The Labute approximate surface area is 138 Å². The third-order valence-corrected chi connectivity index (χ3v) is 3.76. The molecule has 120 valence electrons. The van der Waals surface area contributed by atoms with E-state index in [2.05, 4.69) is 10.6 Å². The molecular weight excluding hydrogens is 316 g/mol. The maximum atomic E-state index is 12.4. The van der Waals surface area contributed by atoms with Gasteiger partial charge in [0.15, 0.2) is 5.78 Å². The van der Waals surface area contributed by atoms with E-state index in [-0.39, 0.29) is 17.9 Å². The van der Waals surface area contributed by atoms with Crippen LogP contribution in [0.15, 0.2) is 35.9 Å². The van der Waals surface area contributed by atoms with Gasteiger partial charge < -0.3 is 15.4 Å². The molecule has 1 atom stereocenters. The van der Waals surface area contributed by atoms with Gasteiger partial charge in [-0.3, -0.25) is 14.4 Å². The minimum Gasteiger partial charge on any atom is -0.495 e. The molecule has 1 fully saturated rings. The van der Waals surface area contributed by atoms with Crippen LogP contribution >= 0.6 is 12.2 Å². The first-order valence-corrected chi connectivity index (χ1v) is 7.34. The average molecular weight is 332 g/mol. The van der Waals surface area contributed by atoms with E-state index in [1.165, 1.54) is 20.1 Å². The molecule has 0 aliphatic carbocycles. The third kappa shape index (κ3) is 4.01. The van der Waals surface area contributed by atoms with Crippen LogP contribution in [-0.2, 0) is 14.4 Å². The van der Waals surface area contributed by atoms with E-state index in [4.69, 9.17) is 17.0 Å². The summed E-state index contributed by atoms with van der Waals surface area (Å²) in [4.78, 5) is 35.8. The highest BCUT2D eigenvalue weighted by Gasteiger charge is 2.28. The van der Waals surface area contributed by atoms with Crippen LogP contribution in [0.5, 0.6) is 5.75 Å². The van der Waals surface area contributed by atoms with Crippen LogP contribution in [0.1, 0.15) is 13.3 Å². The Hall–Kier alpha value is -2.54. The van der Waals surface area contributed by atoms with Gasteiger partial charge in [-0.2, -0.15) is 0 Å². The number of carbonyl (C=O) groups is 3. The van der Waals surface area contributed by atoms with Crippen molar-refractivity contribution in [2.24, 2.45) is 5.92 Å². The minimum absolute atomic E-state index is 0.0419. The van der Waals surface area contributed by atoms with Gasteiger partial charge in [0.1, 0.15) is 5.75 Å². The van der Waals surface area contributed by atoms with Gasteiger partial charge in [-0.25, -0.2) is 0 Å². The number of ketones is 1. The van der Waals surface area contributed by atoms with Gasteiger partial charge in [0.25, 0.3) is 5.91 Å². The lowest BCUT2D eigenvalue weighted by atomic mass is 10.0. The molecule has 1 heterocycles. The molecule has 1 aromatic carbocycles. The summed E-state index contributed by atoms with van der Waals surface area (Å²) >= 11 is 5.04. The Kier molecular flexibility index (Phi) is 5.23. The maximum absolute atomic E-state index is 12.4. The summed E-state index contributed by atoms with van der Waals surface area (Å²) in [7, 11) is 1.49. The SMILES string of the molecule is COc1ccccc1NC(=O)/C(=C\[C@@H]1CC(=O)NC1=S)C(C)=O. The quantitative estimate of drug-likeness (QED) is 0.370. The highest BCUT2D eigenvalue weighted by atomic mass is 32.1. The lowest BCUT2D eigenvalue weighted by Gasteiger charge is -2.11. The molecular formula is C16H16N2O4S. The van der Waals surface area contributed by atoms with Gasteiger partial charge in [-0.1, -0.05) is 30.4 Å². The monoisotopic (exact) mass is 332 g/mol. The van der Waals surface area contributed by atoms with Crippen LogP contribution in [0, 0.1) is 5.92 Å². The van der Waals surface area contributed by atoms with E-state index in [9.17, 15) is 14.4 Å². The van der Waals surface area contributed by atoms with Gasteiger partial charge in [-0.15, -0.1) is 0 Å². The first-order valence-electron chi connectivity index (χ1n) is 6.93. The van der Waals surface area contributed by atoms with Crippen molar-refractivity contribution in [2.75, 3.05) is 12.4 Å². The molecule has 2 amide bonds. The van der Waals surface area contributed by atoms with Crippen molar-refractivity contribution in [3.8, 4) is 5.75 Å². The number of amides is 2. The van der Waals surface area contributed by atoms with E-state index in [0.717, 1.165) is 0 Å². The summed E-state index contributed by atoms with van der Waals surface area (Å²) in [5.74, 6) is -1.15. The fourth-order valence-electron chi connectivity index (χ4n) is 2.20. The van der Waals surface area contributed by atoms with E-state index in [1.54, 1.807) is 24.3 Å². The topological polar surface area (TPSA) is 84.5 Å². The predicted molar refractivity (Wildman–Crippen MR) is 89.2 cm³/mol. The number of hydrogen-bond acceptors (Lipinski definition) is 5. The zero-order chi connectivity index (χ0) is 17.0. The van der Waals surface area contributed by atoms with E-state index >= 15 is 0 Å². The van der Waals surface area contributed by atoms with Crippen molar-refractivity contribution < 1.29 is 19.1 Å². The van der Waals surface area contributed by atoms with Crippen molar-refractivity contribution in [3.63, 3.8) is 0 Å². The lowest BCUT2D eigenvalue weighted by molar-refractivity contribution is -0.120. The molecule has 0 radical (unpaired) electrons. The second-order valence-corrected chi connectivity index (χ2v) is 5.45. The average Bonchev–Trinajstić information content (AvgIpc) is 2.82. The Morgan fingerprint density at radius 3 is 2.65 bits per heavy atom. The van der Waals surface area contributed by atoms with Crippen LogP contribution in [0.25, 0.3) is 0 Å². The third-order valence-electron chi connectivity index (χ3n) is 3.35. The lowest BCUT2D eigenvalue weighted by Crippen LogP contribution is -2.22. The summed E-state index contributed by atoms with van der Waals surface area (Å²) < 4.78 is 5.16. The molecule has 0 unspecified atom stereocenters. The number of Topliss-reactive ketones (excluding diaryl/α,β-unsaturated/α-hetero) is 1. The smallest absolute Gasteiger partial charge is 0.259 e. The normalized spacial score (nSPS) is 17.7. The fourth-order valence-corrected chi connectivity index (χ4v) is 2.47. The van der Waals surface area contributed by atoms with E-state index < -0.39 is 17.6 Å². The van der Waals surface area contributed by atoms with Crippen molar-refractivity contribution in [1.82, 2.24) is 5.32 Å². The van der Waals surface area contributed by atoms with Gasteiger partial charge in [-0.05, 0) is 19.1 Å². The van der Waals surface area contributed by atoms with Crippen LogP contribution in [-0.4, -0.2) is 29.7 Å². The second kappa shape index (κ2) is 7.15. The zero-order valence-electron chi connectivity index (χ0n) is 12.7. The molecule has 23 heavy (non-hydrogen) atoms. The molecule has 0 spiro atoms. The summed E-state index contributed by atoms with van der Waals surface area (Å²) in [6, 6.07) is 6.87. The first-order chi connectivity index (χ1) is 10.9. The molecule has 1 aliphatic heterocycles. The van der Waals surface area contributed by atoms with E-state index in [1.807, 2.05) is 0 Å². The fraction of sp³-hybridized carbons (Fsp3) is 0.250. The second-order valence-electron chi connectivity index (χ2n) is 5.01. The minimum atomic E-state index is -0.566. The molecule has 0 saturated carbocycles. The highest BCUT2D eigenvalue weighted by Crippen LogP contribution is 2.24. The number of benzene rings is 1. The number of hydrogen-bond donors (Lipinski definition) is 2. The van der Waals surface area contributed by atoms with Crippen molar-refractivity contribution in [2.45, 2.75) is 13.3 Å². The van der Waals surface area contributed by atoms with Crippen molar-refractivity contribution in [3.05, 3.63) is 35.9 Å². The highest BCUT2D eigenvalue weighted by molar-refractivity contribution is 7.80. The Bertz CT molecular complexity index is 712. The Balaban J connectivity index is 2.24. The van der Waals surface area contributed by atoms with Crippen LogP contribution in [0.3, 0.4) is 0 Å². The van der Waals surface area contributed by atoms with Crippen LogP contribution in [0.4, 0.5) is 5.69 Å². The van der Waals surface area contributed by atoms with Gasteiger partial charge in [0.05, 0.1) is 23.4 Å². The largest absolute Gasteiger partial charge is 0.495 e. The van der Waals surface area contributed by atoms with E-state index in [0.29, 0.717) is 16.4 Å². The Morgan fingerprint density at radius 1 is 1.39 bits per heavy atom. The molecule has 0 aromatic heterocycles. The molecule has 1 aliphatic rings. The molecule has 7 heteroatoms. The first kappa shape index (κ1) is 16.8. The molecule has 1 saturated heterocycles. The number of methoxy groups -OCH3 is 1. The molecule has 0 bridgehead atoms. The van der Waals surface area contributed by atoms with Crippen LogP contribution < -0.4 is 15.4 Å². The number of anilines is 1. The molecule has 2 rings (SSSR count). The molecule has 6 nitrogen and oxygen atoms in total. The van der Waals surface area contributed by atoms with Crippen LogP contribution in [0.2, 0.25) is 0 Å². The summed E-state index contributed by atoms with van der Waals surface area (Å²) in [6.45, 7) is 1.29. The number of rotatable bonds is 5. The summed E-state index contributed by atoms with van der Waals surface area (Å²) in [5, 5.41) is 5.14. The number of thiocarbonyl (C=S) groups is 1. The maximum Gasteiger partial charge on any atom is 0.259 e. The molecule has 2 N–H and O–H groups in total. The van der Waals surface area contributed by atoms with Crippen molar-refractivity contribution in [1.29, 1.82) is 0 Å². The zero-order valence-corrected chi connectivity index (χ0v) is 13.5.